The molecule has 2 aromatic heterocycles. The van der Waals surface area contributed by atoms with Crippen LogP contribution in [0, 0.1) is 6.92 Å². The third kappa shape index (κ3) is 5.26. The first-order chi connectivity index (χ1) is 16.2. The predicted molar refractivity (Wildman–Crippen MR) is 127 cm³/mol. The molecule has 0 spiro atoms. The number of benzene rings is 1. The number of carbonyl (C=O) groups excluding carboxylic acids is 1. The smallest absolute Gasteiger partial charge is 0.341 e. The van der Waals surface area contributed by atoms with E-state index in [1.807, 2.05) is 25.1 Å². The molecule has 1 aliphatic heterocycles. The molecule has 9 heteroatoms. The number of fused-ring (bicyclic) bond motifs is 1. The molecular formula is C25H28N4O5. The van der Waals surface area contributed by atoms with E-state index in [1.165, 1.54) is 4.90 Å². The van der Waals surface area contributed by atoms with Crippen LogP contribution in [0.3, 0.4) is 0 Å². The van der Waals surface area contributed by atoms with Gasteiger partial charge < -0.3 is 24.7 Å². The minimum absolute atomic E-state index is 0.176. The number of anilines is 1. The number of carbonyl (C=O) groups is 2. The molecule has 0 unspecified atom stereocenters. The Morgan fingerprint density at radius 1 is 1.18 bits per heavy atom. The number of carboxylic acids is 1. The van der Waals surface area contributed by atoms with Crippen molar-refractivity contribution in [1.29, 1.82) is 0 Å². The Morgan fingerprint density at radius 2 is 1.94 bits per heavy atom. The number of ether oxygens (including phenoxy) is 1. The number of amides is 1. The van der Waals surface area contributed by atoms with Crippen molar-refractivity contribution >= 4 is 28.6 Å². The number of piperidine rings is 1. The number of hydrogen-bond donors (Lipinski definition) is 2. The monoisotopic (exact) mass is 464 g/mol. The number of hydrogen-bond acceptors (Lipinski definition) is 7. The first-order valence-electron chi connectivity index (χ1n) is 11.1. The summed E-state index contributed by atoms with van der Waals surface area (Å²) in [7, 11) is 1.67. The molecule has 0 aliphatic carbocycles. The lowest BCUT2D eigenvalue weighted by Crippen LogP contribution is -2.54. The van der Waals surface area contributed by atoms with E-state index in [2.05, 4.69) is 14.9 Å². The van der Waals surface area contributed by atoms with Crippen molar-refractivity contribution in [3.63, 3.8) is 0 Å². The van der Waals surface area contributed by atoms with E-state index in [9.17, 15) is 14.7 Å². The van der Waals surface area contributed by atoms with Gasteiger partial charge in [0.25, 0.3) is 5.91 Å². The topological polar surface area (TPSA) is 116 Å². The van der Waals surface area contributed by atoms with Gasteiger partial charge in [0.1, 0.15) is 11.3 Å². The number of aliphatic hydroxyl groups is 1. The van der Waals surface area contributed by atoms with Gasteiger partial charge in [-0.3, -0.25) is 9.78 Å². The quantitative estimate of drug-likeness (QED) is 0.548. The number of likely N-dealkylation sites (N-methyl/N-ethyl adjacent to an activating group) is 1. The molecule has 1 amide bonds. The molecule has 0 bridgehead atoms. The molecule has 3 aromatic rings. The van der Waals surface area contributed by atoms with Crippen molar-refractivity contribution in [2.75, 3.05) is 38.2 Å². The average molecular weight is 465 g/mol. The fraction of sp³-hybridized carbons (Fsp3) is 0.360. The molecule has 2 N–H and O–H groups in total. The number of pyridine rings is 2. The van der Waals surface area contributed by atoms with Crippen LogP contribution in [-0.2, 0) is 4.79 Å². The van der Waals surface area contributed by atoms with Gasteiger partial charge in [0.05, 0.1) is 23.3 Å². The van der Waals surface area contributed by atoms with Crippen molar-refractivity contribution in [1.82, 2.24) is 14.9 Å². The van der Waals surface area contributed by atoms with Crippen LogP contribution < -0.4 is 9.64 Å². The molecular weight excluding hydrogens is 436 g/mol. The zero-order valence-corrected chi connectivity index (χ0v) is 19.3. The van der Waals surface area contributed by atoms with Crippen LogP contribution in [0.25, 0.3) is 11.0 Å². The number of aromatic nitrogens is 2. The van der Waals surface area contributed by atoms with Crippen molar-refractivity contribution in [2.45, 2.75) is 25.4 Å². The fourth-order valence-electron chi connectivity index (χ4n) is 4.38. The molecule has 1 aromatic carbocycles. The van der Waals surface area contributed by atoms with Gasteiger partial charge in [-0.25, -0.2) is 9.78 Å². The average Bonchev–Trinajstić information content (AvgIpc) is 2.82. The summed E-state index contributed by atoms with van der Waals surface area (Å²) >= 11 is 0. The van der Waals surface area contributed by atoms with Crippen molar-refractivity contribution in [2.24, 2.45) is 0 Å². The molecule has 1 fully saturated rings. The van der Waals surface area contributed by atoms with E-state index >= 15 is 0 Å². The summed E-state index contributed by atoms with van der Waals surface area (Å²) in [5.41, 5.74) is 2.80. The van der Waals surface area contributed by atoms with Crippen LogP contribution >= 0.6 is 0 Å². The number of β-amino-alcohol motifs (C(OH)–C–C–N with tert-alkyl or cyclic N) is 1. The SMILES string of the molecule is Cc1ccc2nccc(N3CCC[C@](O)(CN(C)C(=O)c4ccc(OCC(=O)O)cc4)C3)c2n1. The molecule has 0 radical (unpaired) electrons. The second kappa shape index (κ2) is 9.64. The van der Waals surface area contributed by atoms with Crippen LogP contribution in [0.2, 0.25) is 0 Å². The molecule has 9 nitrogen and oxygen atoms in total. The molecule has 4 rings (SSSR count). The summed E-state index contributed by atoms with van der Waals surface area (Å²) in [5.74, 6) is -0.932. The predicted octanol–water partition coefficient (Wildman–Crippen LogP) is 2.51. The van der Waals surface area contributed by atoms with Crippen LogP contribution in [0.5, 0.6) is 5.75 Å². The first kappa shape index (κ1) is 23.4. The van der Waals surface area contributed by atoms with Gasteiger partial charge in [0.15, 0.2) is 6.61 Å². The third-order valence-electron chi connectivity index (χ3n) is 5.94. The number of rotatable bonds is 7. The van der Waals surface area contributed by atoms with E-state index < -0.39 is 18.2 Å². The minimum Gasteiger partial charge on any atom is -0.482 e. The maximum absolute atomic E-state index is 12.9. The number of aliphatic carboxylic acids is 1. The van der Waals surface area contributed by atoms with Gasteiger partial charge in [-0.05, 0) is 62.2 Å². The lowest BCUT2D eigenvalue weighted by atomic mass is 9.91. The molecule has 1 atom stereocenters. The summed E-state index contributed by atoms with van der Waals surface area (Å²) in [6.45, 7) is 2.83. The molecule has 178 valence electrons. The number of aryl methyl sites for hydroxylation is 1. The van der Waals surface area contributed by atoms with E-state index in [-0.39, 0.29) is 12.5 Å². The van der Waals surface area contributed by atoms with E-state index in [0.29, 0.717) is 24.3 Å². The van der Waals surface area contributed by atoms with E-state index in [0.717, 1.165) is 35.4 Å². The Kier molecular flexibility index (Phi) is 6.65. The summed E-state index contributed by atoms with van der Waals surface area (Å²) in [6.07, 6.45) is 3.12. The van der Waals surface area contributed by atoms with Gasteiger partial charge in [0, 0.05) is 37.6 Å². The molecule has 0 saturated carbocycles. The zero-order valence-electron chi connectivity index (χ0n) is 19.3. The normalized spacial score (nSPS) is 18.0. The molecule has 1 saturated heterocycles. The summed E-state index contributed by atoms with van der Waals surface area (Å²) < 4.78 is 5.11. The summed E-state index contributed by atoms with van der Waals surface area (Å²) in [5, 5.41) is 20.1. The maximum atomic E-state index is 12.9. The highest BCUT2D eigenvalue weighted by Gasteiger charge is 2.36. The van der Waals surface area contributed by atoms with Gasteiger partial charge >= 0.3 is 5.97 Å². The van der Waals surface area contributed by atoms with Gasteiger partial charge in [-0.15, -0.1) is 0 Å². The van der Waals surface area contributed by atoms with Crippen LogP contribution in [-0.4, -0.2) is 75.8 Å². The van der Waals surface area contributed by atoms with Gasteiger partial charge in [-0.2, -0.15) is 0 Å². The highest BCUT2D eigenvalue weighted by Crippen LogP contribution is 2.30. The van der Waals surface area contributed by atoms with Gasteiger partial charge in [0.2, 0.25) is 0 Å². The van der Waals surface area contributed by atoms with Crippen LogP contribution in [0.15, 0.2) is 48.7 Å². The number of carboxylic acid groups (broad SMARTS) is 1. The fourth-order valence-corrected chi connectivity index (χ4v) is 4.38. The Bertz CT molecular complexity index is 1200. The number of nitrogens with zero attached hydrogens (tertiary/aromatic N) is 4. The van der Waals surface area contributed by atoms with E-state index in [1.54, 1.807) is 37.5 Å². The largest absolute Gasteiger partial charge is 0.482 e. The highest BCUT2D eigenvalue weighted by atomic mass is 16.5. The summed E-state index contributed by atoms with van der Waals surface area (Å²) in [6, 6.07) is 12.1. The Morgan fingerprint density at radius 3 is 2.68 bits per heavy atom. The lowest BCUT2D eigenvalue weighted by Gasteiger charge is -2.42. The molecule has 1 aliphatic rings. The van der Waals surface area contributed by atoms with Crippen molar-refractivity contribution < 1.29 is 24.5 Å². The molecule has 3 heterocycles. The van der Waals surface area contributed by atoms with Crippen LogP contribution in [0.4, 0.5) is 5.69 Å². The Balaban J connectivity index is 1.45. The highest BCUT2D eigenvalue weighted by molar-refractivity contribution is 5.94. The Hall–Kier alpha value is -3.72. The van der Waals surface area contributed by atoms with Crippen molar-refractivity contribution in [3.8, 4) is 5.75 Å². The maximum Gasteiger partial charge on any atom is 0.341 e. The zero-order chi connectivity index (χ0) is 24.3. The lowest BCUT2D eigenvalue weighted by molar-refractivity contribution is -0.139. The standard InChI is InChI=1S/C25H28N4O5/c1-17-4-9-20-23(27-17)21(10-12-26-20)29-13-3-11-25(33,16-29)15-28(2)24(32)18-5-7-19(8-6-18)34-14-22(30)31/h4-10,12,33H,3,11,13-16H2,1-2H3,(H,30,31)/t25-/m0/s1. The second-order valence-electron chi connectivity index (χ2n) is 8.77. The summed E-state index contributed by atoms with van der Waals surface area (Å²) in [4.78, 5) is 36.3. The third-order valence-corrected chi connectivity index (χ3v) is 5.94. The second-order valence-corrected chi connectivity index (χ2v) is 8.77. The first-order valence-corrected chi connectivity index (χ1v) is 11.1. The van der Waals surface area contributed by atoms with Gasteiger partial charge in [-0.1, -0.05) is 0 Å². The van der Waals surface area contributed by atoms with E-state index in [4.69, 9.17) is 9.84 Å². The van der Waals surface area contributed by atoms with Crippen LogP contribution in [0.1, 0.15) is 28.9 Å². The Labute approximate surface area is 197 Å². The van der Waals surface area contributed by atoms with Crippen molar-refractivity contribution in [3.05, 3.63) is 59.9 Å². The minimum atomic E-state index is -1.08. The molecule has 34 heavy (non-hydrogen) atoms.